The SMILES string of the molecule is COC(=O)c1nn(C)cc1C(F)F. The van der Waals surface area contributed by atoms with Crippen LogP contribution in [0.4, 0.5) is 8.78 Å². The first-order valence-corrected chi connectivity index (χ1v) is 3.46. The highest BCUT2D eigenvalue weighted by Crippen LogP contribution is 2.21. The maximum atomic E-state index is 12.3. The molecule has 0 aliphatic rings. The molecule has 0 saturated heterocycles. The lowest BCUT2D eigenvalue weighted by Crippen LogP contribution is -2.06. The van der Waals surface area contributed by atoms with Crippen molar-refractivity contribution in [2.24, 2.45) is 7.05 Å². The van der Waals surface area contributed by atoms with Gasteiger partial charge in [0.1, 0.15) is 0 Å². The Hall–Kier alpha value is -1.46. The van der Waals surface area contributed by atoms with Gasteiger partial charge in [-0.15, -0.1) is 0 Å². The van der Waals surface area contributed by atoms with Crippen LogP contribution in [0.25, 0.3) is 0 Å². The van der Waals surface area contributed by atoms with E-state index in [4.69, 9.17) is 0 Å². The van der Waals surface area contributed by atoms with Crippen molar-refractivity contribution in [3.63, 3.8) is 0 Å². The van der Waals surface area contributed by atoms with Crippen LogP contribution in [-0.2, 0) is 11.8 Å². The van der Waals surface area contributed by atoms with E-state index >= 15 is 0 Å². The molecule has 0 N–H and O–H groups in total. The van der Waals surface area contributed by atoms with Gasteiger partial charge in [-0.2, -0.15) is 5.10 Å². The fourth-order valence-electron chi connectivity index (χ4n) is 0.922. The minimum absolute atomic E-state index is 0.333. The van der Waals surface area contributed by atoms with Gasteiger partial charge in [0.05, 0.1) is 12.7 Å². The zero-order chi connectivity index (χ0) is 10.0. The second-order valence-corrected chi connectivity index (χ2v) is 2.40. The summed E-state index contributed by atoms with van der Waals surface area (Å²) in [4.78, 5) is 10.9. The van der Waals surface area contributed by atoms with E-state index in [0.29, 0.717) is 0 Å². The zero-order valence-corrected chi connectivity index (χ0v) is 7.12. The Balaban J connectivity index is 3.11. The maximum absolute atomic E-state index is 12.3. The third kappa shape index (κ3) is 1.82. The predicted octanol–water partition coefficient (Wildman–Crippen LogP) is 1.14. The lowest BCUT2D eigenvalue weighted by atomic mass is 10.2. The Kier molecular flexibility index (Phi) is 2.60. The topological polar surface area (TPSA) is 44.1 Å². The fraction of sp³-hybridized carbons (Fsp3) is 0.429. The normalized spacial score (nSPS) is 10.5. The summed E-state index contributed by atoms with van der Waals surface area (Å²) >= 11 is 0. The Morgan fingerprint density at radius 2 is 2.31 bits per heavy atom. The number of rotatable bonds is 2. The Labute approximate surface area is 73.1 Å². The van der Waals surface area contributed by atoms with Gasteiger partial charge < -0.3 is 4.74 Å². The summed E-state index contributed by atoms with van der Waals surface area (Å²) < 4.78 is 30.0. The number of carbonyl (C=O) groups is 1. The van der Waals surface area contributed by atoms with E-state index in [2.05, 4.69) is 9.84 Å². The van der Waals surface area contributed by atoms with Crippen molar-refractivity contribution in [1.82, 2.24) is 9.78 Å². The average molecular weight is 190 g/mol. The van der Waals surface area contributed by atoms with Crippen LogP contribution in [0.3, 0.4) is 0 Å². The number of alkyl halides is 2. The van der Waals surface area contributed by atoms with Gasteiger partial charge in [0.2, 0.25) is 0 Å². The van der Waals surface area contributed by atoms with E-state index in [-0.39, 0.29) is 5.69 Å². The molecular formula is C7H8F2N2O2. The first-order valence-electron chi connectivity index (χ1n) is 3.46. The monoisotopic (exact) mass is 190 g/mol. The third-order valence-corrected chi connectivity index (χ3v) is 1.47. The lowest BCUT2D eigenvalue weighted by Gasteiger charge is -1.97. The molecule has 0 aromatic carbocycles. The summed E-state index contributed by atoms with van der Waals surface area (Å²) in [6.45, 7) is 0. The lowest BCUT2D eigenvalue weighted by molar-refractivity contribution is 0.0582. The van der Waals surface area contributed by atoms with E-state index in [9.17, 15) is 13.6 Å². The average Bonchev–Trinajstić information content (AvgIpc) is 2.46. The second kappa shape index (κ2) is 3.51. The molecule has 0 atom stereocenters. The van der Waals surface area contributed by atoms with Crippen LogP contribution in [0.5, 0.6) is 0 Å². The molecule has 0 aliphatic carbocycles. The summed E-state index contributed by atoms with van der Waals surface area (Å²) in [6.07, 6.45) is -1.63. The zero-order valence-electron chi connectivity index (χ0n) is 7.12. The van der Waals surface area contributed by atoms with Gasteiger partial charge >= 0.3 is 5.97 Å². The van der Waals surface area contributed by atoms with Gasteiger partial charge in [0, 0.05) is 13.2 Å². The van der Waals surface area contributed by atoms with Crippen molar-refractivity contribution < 1.29 is 18.3 Å². The molecule has 0 saturated carbocycles. The van der Waals surface area contributed by atoms with Crippen LogP contribution in [0.2, 0.25) is 0 Å². The van der Waals surface area contributed by atoms with Crippen LogP contribution in [0, 0.1) is 0 Å². The van der Waals surface area contributed by atoms with Gasteiger partial charge in [0.25, 0.3) is 6.43 Å². The largest absolute Gasteiger partial charge is 0.464 e. The van der Waals surface area contributed by atoms with Crippen molar-refractivity contribution in [3.8, 4) is 0 Å². The second-order valence-electron chi connectivity index (χ2n) is 2.40. The molecule has 1 aromatic rings. The molecule has 0 amide bonds. The van der Waals surface area contributed by atoms with Gasteiger partial charge in [-0.3, -0.25) is 4.68 Å². The standard InChI is InChI=1S/C7H8F2N2O2/c1-11-3-4(6(8)9)5(10-11)7(12)13-2/h3,6H,1-2H3. The van der Waals surface area contributed by atoms with Gasteiger partial charge in [-0.25, -0.2) is 13.6 Å². The number of ether oxygens (including phenoxy) is 1. The molecule has 0 unspecified atom stereocenters. The van der Waals surface area contributed by atoms with Crippen LogP contribution in [0.15, 0.2) is 6.20 Å². The van der Waals surface area contributed by atoms with Gasteiger partial charge in [-0.05, 0) is 0 Å². The molecule has 4 nitrogen and oxygen atoms in total. The number of hydrogen-bond donors (Lipinski definition) is 0. The first kappa shape index (κ1) is 9.63. The minimum atomic E-state index is -2.72. The van der Waals surface area contributed by atoms with Crippen LogP contribution < -0.4 is 0 Å². The number of hydrogen-bond acceptors (Lipinski definition) is 3. The first-order chi connectivity index (χ1) is 6.06. The Morgan fingerprint density at radius 1 is 1.69 bits per heavy atom. The molecule has 13 heavy (non-hydrogen) atoms. The molecule has 1 rings (SSSR count). The molecule has 1 aromatic heterocycles. The number of carbonyl (C=O) groups excluding carboxylic acids is 1. The van der Waals surface area contributed by atoms with Crippen molar-refractivity contribution >= 4 is 5.97 Å². The molecule has 72 valence electrons. The van der Waals surface area contributed by atoms with E-state index in [1.165, 1.54) is 7.05 Å². The Morgan fingerprint density at radius 3 is 2.77 bits per heavy atom. The number of aryl methyl sites for hydroxylation is 1. The molecule has 0 radical (unpaired) electrons. The molecular weight excluding hydrogens is 182 g/mol. The number of halogens is 2. The highest BCUT2D eigenvalue weighted by Gasteiger charge is 2.22. The number of aromatic nitrogens is 2. The molecule has 0 fully saturated rings. The van der Waals surface area contributed by atoms with Crippen molar-refractivity contribution in [3.05, 3.63) is 17.5 Å². The highest BCUT2D eigenvalue weighted by atomic mass is 19.3. The van der Waals surface area contributed by atoms with Crippen molar-refractivity contribution in [1.29, 1.82) is 0 Å². The molecule has 0 spiro atoms. The molecule has 6 heteroatoms. The predicted molar refractivity (Wildman–Crippen MR) is 39.5 cm³/mol. The molecule has 0 aliphatic heterocycles. The van der Waals surface area contributed by atoms with Crippen LogP contribution in [-0.4, -0.2) is 22.9 Å². The van der Waals surface area contributed by atoms with Crippen LogP contribution in [0.1, 0.15) is 22.5 Å². The summed E-state index contributed by atoms with van der Waals surface area (Å²) in [5.41, 5.74) is -0.741. The van der Waals surface area contributed by atoms with Gasteiger partial charge in [0.15, 0.2) is 5.69 Å². The van der Waals surface area contributed by atoms with E-state index in [0.717, 1.165) is 18.0 Å². The maximum Gasteiger partial charge on any atom is 0.359 e. The van der Waals surface area contributed by atoms with E-state index in [1.54, 1.807) is 0 Å². The van der Waals surface area contributed by atoms with E-state index < -0.39 is 18.0 Å². The summed E-state index contributed by atoms with van der Waals surface area (Å²) in [7, 11) is 2.57. The van der Waals surface area contributed by atoms with Crippen LogP contribution >= 0.6 is 0 Å². The number of methoxy groups -OCH3 is 1. The smallest absolute Gasteiger partial charge is 0.359 e. The number of nitrogens with zero attached hydrogens (tertiary/aromatic N) is 2. The summed E-state index contributed by atoms with van der Waals surface area (Å²) in [6, 6.07) is 0. The number of esters is 1. The highest BCUT2D eigenvalue weighted by molar-refractivity contribution is 5.88. The van der Waals surface area contributed by atoms with E-state index in [1.807, 2.05) is 0 Å². The van der Waals surface area contributed by atoms with Gasteiger partial charge in [-0.1, -0.05) is 0 Å². The molecule has 1 heterocycles. The molecule has 0 bridgehead atoms. The fourth-order valence-corrected chi connectivity index (χ4v) is 0.922. The van der Waals surface area contributed by atoms with Crippen molar-refractivity contribution in [2.45, 2.75) is 6.43 Å². The third-order valence-electron chi connectivity index (χ3n) is 1.47. The quantitative estimate of drug-likeness (QED) is 0.657. The summed E-state index contributed by atoms with van der Waals surface area (Å²) in [5.74, 6) is -0.851. The minimum Gasteiger partial charge on any atom is -0.464 e. The Bertz CT molecular complexity index is 322. The summed E-state index contributed by atoms with van der Waals surface area (Å²) in [5, 5.41) is 3.56. The van der Waals surface area contributed by atoms with Crippen molar-refractivity contribution in [2.75, 3.05) is 7.11 Å².